The van der Waals surface area contributed by atoms with Crippen LogP contribution in [0.4, 0.5) is 0 Å². The maximum Gasteiger partial charge on any atom is 0.341 e. The van der Waals surface area contributed by atoms with E-state index >= 15 is 0 Å². The van der Waals surface area contributed by atoms with Gasteiger partial charge in [0.1, 0.15) is 0 Å². The molecule has 8 heteroatoms. The molecule has 1 unspecified atom stereocenters. The average molecular weight is 431 g/mol. The van der Waals surface area contributed by atoms with Gasteiger partial charge in [-0.05, 0) is 35.9 Å². The van der Waals surface area contributed by atoms with Crippen molar-refractivity contribution in [3.05, 3.63) is 89.7 Å². The summed E-state index contributed by atoms with van der Waals surface area (Å²) in [4.78, 5) is 28.0. The standard InChI is InChI=1S/C24H21N3O5/c1-31-22-13-18(7-8-21(22)32-15-23(28)29)19-14-20(16-5-3-2-4-6-16)27(26-19)24(30)17-9-11-25-12-10-17/h2-13,20H,14-15H2,1H3,(H,28,29). The van der Waals surface area contributed by atoms with Crippen LogP contribution in [0.2, 0.25) is 0 Å². The smallest absolute Gasteiger partial charge is 0.341 e. The van der Waals surface area contributed by atoms with Crippen molar-refractivity contribution in [1.82, 2.24) is 9.99 Å². The van der Waals surface area contributed by atoms with Gasteiger partial charge in [0.05, 0.1) is 18.9 Å². The fourth-order valence-electron chi connectivity index (χ4n) is 3.54. The minimum Gasteiger partial charge on any atom is -0.493 e. The van der Waals surface area contributed by atoms with E-state index in [0.29, 0.717) is 29.2 Å². The van der Waals surface area contributed by atoms with Gasteiger partial charge < -0.3 is 14.6 Å². The molecule has 0 saturated heterocycles. The number of carbonyl (C=O) groups is 2. The molecule has 0 bridgehead atoms. The molecule has 1 aromatic heterocycles. The molecule has 8 nitrogen and oxygen atoms in total. The number of ether oxygens (including phenoxy) is 2. The molecular formula is C24H21N3O5. The summed E-state index contributed by atoms with van der Waals surface area (Å²) < 4.78 is 10.7. The maximum absolute atomic E-state index is 13.2. The first kappa shape index (κ1) is 21.0. The number of carbonyl (C=O) groups excluding carboxylic acids is 1. The molecule has 3 aromatic rings. The number of benzene rings is 2. The van der Waals surface area contributed by atoms with Crippen LogP contribution in [0.25, 0.3) is 0 Å². The Morgan fingerprint density at radius 2 is 1.81 bits per heavy atom. The highest BCUT2D eigenvalue weighted by Crippen LogP contribution is 2.36. The average Bonchev–Trinajstić information content (AvgIpc) is 3.28. The molecule has 1 amide bonds. The summed E-state index contributed by atoms with van der Waals surface area (Å²) in [6.07, 6.45) is 3.66. The second-order valence-corrected chi connectivity index (χ2v) is 7.11. The van der Waals surface area contributed by atoms with Crippen LogP contribution in [0.15, 0.2) is 78.2 Å². The molecule has 0 spiro atoms. The van der Waals surface area contributed by atoms with Gasteiger partial charge in [0.15, 0.2) is 18.1 Å². The fourth-order valence-corrected chi connectivity index (χ4v) is 3.54. The van der Waals surface area contributed by atoms with E-state index in [9.17, 15) is 9.59 Å². The van der Waals surface area contributed by atoms with E-state index in [2.05, 4.69) is 10.1 Å². The summed E-state index contributed by atoms with van der Waals surface area (Å²) in [5, 5.41) is 15.0. The second kappa shape index (κ2) is 9.30. The number of amides is 1. The summed E-state index contributed by atoms with van der Waals surface area (Å²) in [5.41, 5.74) is 2.95. The van der Waals surface area contributed by atoms with Crippen LogP contribution in [0.1, 0.15) is 33.9 Å². The molecule has 1 aliphatic rings. The van der Waals surface area contributed by atoms with Crippen molar-refractivity contribution in [2.75, 3.05) is 13.7 Å². The Hall–Kier alpha value is -4.20. The molecule has 32 heavy (non-hydrogen) atoms. The van der Waals surface area contributed by atoms with Gasteiger partial charge in [-0.25, -0.2) is 9.80 Å². The number of carboxylic acid groups (broad SMARTS) is 1. The van der Waals surface area contributed by atoms with Gasteiger partial charge in [0, 0.05) is 29.9 Å². The van der Waals surface area contributed by atoms with Crippen LogP contribution in [0.5, 0.6) is 11.5 Å². The lowest BCUT2D eigenvalue weighted by Gasteiger charge is -2.22. The van der Waals surface area contributed by atoms with Gasteiger partial charge in [-0.1, -0.05) is 30.3 Å². The Kier molecular flexibility index (Phi) is 6.12. The number of hydrogen-bond acceptors (Lipinski definition) is 6. The van der Waals surface area contributed by atoms with Crippen molar-refractivity contribution in [2.24, 2.45) is 5.10 Å². The van der Waals surface area contributed by atoms with Crippen LogP contribution in [-0.4, -0.2) is 46.4 Å². The second-order valence-electron chi connectivity index (χ2n) is 7.11. The predicted molar refractivity (Wildman–Crippen MR) is 117 cm³/mol. The van der Waals surface area contributed by atoms with Crippen LogP contribution in [0, 0.1) is 0 Å². The first-order valence-electron chi connectivity index (χ1n) is 9.96. The van der Waals surface area contributed by atoms with Crippen molar-refractivity contribution >= 4 is 17.6 Å². The maximum atomic E-state index is 13.2. The minimum atomic E-state index is -1.08. The Balaban J connectivity index is 1.68. The van der Waals surface area contributed by atoms with E-state index in [0.717, 1.165) is 11.1 Å². The zero-order chi connectivity index (χ0) is 22.5. The number of pyridine rings is 1. The molecule has 1 atom stereocenters. The van der Waals surface area contributed by atoms with Crippen molar-refractivity contribution in [3.63, 3.8) is 0 Å². The molecular weight excluding hydrogens is 410 g/mol. The third-order valence-corrected chi connectivity index (χ3v) is 5.08. The van der Waals surface area contributed by atoms with Gasteiger partial charge >= 0.3 is 5.97 Å². The highest BCUT2D eigenvalue weighted by Gasteiger charge is 2.33. The van der Waals surface area contributed by atoms with E-state index in [1.54, 1.807) is 42.7 Å². The summed E-state index contributed by atoms with van der Waals surface area (Å²) in [6, 6.07) is 17.9. The third kappa shape index (κ3) is 4.44. The van der Waals surface area contributed by atoms with Gasteiger partial charge in [-0.3, -0.25) is 9.78 Å². The largest absolute Gasteiger partial charge is 0.493 e. The third-order valence-electron chi connectivity index (χ3n) is 5.08. The van der Waals surface area contributed by atoms with Gasteiger partial charge in [-0.15, -0.1) is 0 Å². The van der Waals surface area contributed by atoms with Gasteiger partial charge in [-0.2, -0.15) is 5.10 Å². The lowest BCUT2D eigenvalue weighted by Crippen LogP contribution is -2.27. The normalized spacial score (nSPS) is 15.2. The highest BCUT2D eigenvalue weighted by atomic mass is 16.5. The SMILES string of the molecule is COc1cc(C2=NN(C(=O)c3ccncc3)C(c3ccccc3)C2)ccc1OCC(=O)O. The topological polar surface area (TPSA) is 101 Å². The Morgan fingerprint density at radius 1 is 1.06 bits per heavy atom. The van der Waals surface area contributed by atoms with E-state index in [4.69, 9.17) is 14.6 Å². The number of hydrazone groups is 1. The minimum absolute atomic E-state index is 0.218. The highest BCUT2D eigenvalue weighted by molar-refractivity contribution is 6.05. The Labute approximate surface area is 184 Å². The number of carboxylic acids is 1. The number of aromatic nitrogens is 1. The van der Waals surface area contributed by atoms with Crippen LogP contribution >= 0.6 is 0 Å². The van der Waals surface area contributed by atoms with Crippen LogP contribution in [0.3, 0.4) is 0 Å². The zero-order valence-corrected chi connectivity index (χ0v) is 17.3. The van der Waals surface area contributed by atoms with Crippen molar-refractivity contribution < 1.29 is 24.2 Å². The molecule has 2 heterocycles. The van der Waals surface area contributed by atoms with E-state index in [-0.39, 0.29) is 11.9 Å². The summed E-state index contributed by atoms with van der Waals surface area (Å²) in [7, 11) is 1.48. The quantitative estimate of drug-likeness (QED) is 0.614. The molecule has 1 aliphatic heterocycles. The molecule has 2 aromatic carbocycles. The van der Waals surface area contributed by atoms with Gasteiger partial charge in [0.25, 0.3) is 5.91 Å². The van der Waals surface area contributed by atoms with Crippen molar-refractivity contribution in [1.29, 1.82) is 0 Å². The number of aliphatic carboxylic acids is 1. The fraction of sp³-hybridized carbons (Fsp3) is 0.167. The number of nitrogens with zero attached hydrogens (tertiary/aromatic N) is 3. The summed E-state index contributed by atoms with van der Waals surface area (Å²) in [5.74, 6) is -0.583. The number of rotatable bonds is 7. The first-order chi connectivity index (χ1) is 15.6. The Bertz CT molecular complexity index is 1150. The van der Waals surface area contributed by atoms with E-state index < -0.39 is 12.6 Å². The molecule has 0 radical (unpaired) electrons. The van der Waals surface area contributed by atoms with Crippen LogP contribution < -0.4 is 9.47 Å². The summed E-state index contributed by atoms with van der Waals surface area (Å²) in [6.45, 7) is -0.471. The molecule has 162 valence electrons. The number of hydrogen-bond donors (Lipinski definition) is 1. The lowest BCUT2D eigenvalue weighted by atomic mass is 9.98. The van der Waals surface area contributed by atoms with Crippen LogP contribution in [-0.2, 0) is 4.79 Å². The predicted octanol–water partition coefficient (Wildman–Crippen LogP) is 3.55. The van der Waals surface area contributed by atoms with Crippen molar-refractivity contribution in [2.45, 2.75) is 12.5 Å². The Morgan fingerprint density at radius 3 is 2.50 bits per heavy atom. The summed E-state index contributed by atoms with van der Waals surface area (Å²) >= 11 is 0. The molecule has 1 N–H and O–H groups in total. The first-order valence-corrected chi connectivity index (χ1v) is 9.96. The molecule has 4 rings (SSSR count). The van der Waals surface area contributed by atoms with Crippen molar-refractivity contribution in [3.8, 4) is 11.5 Å². The number of methoxy groups -OCH3 is 1. The lowest BCUT2D eigenvalue weighted by molar-refractivity contribution is -0.139. The van der Waals surface area contributed by atoms with E-state index in [1.807, 2.05) is 30.3 Å². The molecule has 0 aliphatic carbocycles. The molecule has 0 fully saturated rings. The van der Waals surface area contributed by atoms with Gasteiger partial charge in [0.2, 0.25) is 0 Å². The van der Waals surface area contributed by atoms with E-state index in [1.165, 1.54) is 12.1 Å². The molecule has 0 saturated carbocycles. The monoisotopic (exact) mass is 431 g/mol. The zero-order valence-electron chi connectivity index (χ0n) is 17.3.